The van der Waals surface area contributed by atoms with E-state index in [2.05, 4.69) is 0 Å². The van der Waals surface area contributed by atoms with Gasteiger partial charge in [0.2, 0.25) is 0 Å². The number of hydrogen-bond donors (Lipinski definition) is 0. The summed E-state index contributed by atoms with van der Waals surface area (Å²) in [6, 6.07) is 5.51. The smallest absolute Gasteiger partial charge is 0.331 e. The zero-order valence-electron chi connectivity index (χ0n) is 9.53. The molecule has 1 heterocycles. The summed E-state index contributed by atoms with van der Waals surface area (Å²) >= 11 is 6.04. The zero-order valence-corrected chi connectivity index (χ0v) is 10.3. The molecule has 0 spiro atoms. The summed E-state index contributed by atoms with van der Waals surface area (Å²) < 4.78 is 10.4. The first-order valence-electron chi connectivity index (χ1n) is 5.51. The molecule has 1 aromatic carbocycles. The average molecular weight is 253 g/mol. The fourth-order valence-corrected chi connectivity index (χ4v) is 2.01. The lowest BCUT2D eigenvalue weighted by molar-refractivity contribution is -0.137. The number of esters is 1. The number of benzene rings is 1. The van der Waals surface area contributed by atoms with E-state index in [1.165, 1.54) is 6.08 Å². The van der Waals surface area contributed by atoms with Crippen LogP contribution in [0.4, 0.5) is 0 Å². The standard InChI is InChI=1S/C13H13ClO3/c1-2-16-12(15)8-9-6-7-17-13-10(9)4-3-5-11(13)14/h3-5,8H,2,6-7H2,1H3/b9-8+. The van der Waals surface area contributed by atoms with Gasteiger partial charge in [0, 0.05) is 18.1 Å². The maximum atomic E-state index is 11.4. The van der Waals surface area contributed by atoms with Crippen LogP contribution in [0.1, 0.15) is 18.9 Å². The molecular weight excluding hydrogens is 240 g/mol. The number of fused-ring (bicyclic) bond motifs is 1. The van der Waals surface area contributed by atoms with Gasteiger partial charge >= 0.3 is 5.97 Å². The molecule has 4 heteroatoms. The molecule has 0 aliphatic carbocycles. The van der Waals surface area contributed by atoms with E-state index in [4.69, 9.17) is 21.1 Å². The molecule has 0 atom stereocenters. The topological polar surface area (TPSA) is 35.5 Å². The van der Waals surface area contributed by atoms with Crippen molar-refractivity contribution < 1.29 is 14.3 Å². The summed E-state index contributed by atoms with van der Waals surface area (Å²) in [7, 11) is 0. The third-order valence-corrected chi connectivity index (χ3v) is 2.81. The lowest BCUT2D eigenvalue weighted by atomic mass is 9.99. The van der Waals surface area contributed by atoms with E-state index in [0.717, 1.165) is 11.1 Å². The molecule has 0 aromatic heterocycles. The number of hydrogen-bond acceptors (Lipinski definition) is 3. The largest absolute Gasteiger partial charge is 0.491 e. The van der Waals surface area contributed by atoms with Gasteiger partial charge in [-0.05, 0) is 18.6 Å². The van der Waals surface area contributed by atoms with Gasteiger partial charge in [-0.25, -0.2) is 4.79 Å². The van der Waals surface area contributed by atoms with E-state index in [0.29, 0.717) is 30.4 Å². The number of halogens is 1. The Hall–Kier alpha value is -1.48. The van der Waals surface area contributed by atoms with Gasteiger partial charge in [0.25, 0.3) is 0 Å². The molecule has 0 unspecified atom stereocenters. The van der Waals surface area contributed by atoms with Crippen LogP contribution in [0.5, 0.6) is 5.75 Å². The second kappa shape index (κ2) is 5.23. The van der Waals surface area contributed by atoms with Crippen molar-refractivity contribution in [1.29, 1.82) is 0 Å². The predicted molar refractivity (Wildman–Crippen MR) is 66.2 cm³/mol. The van der Waals surface area contributed by atoms with Crippen molar-refractivity contribution in [3.05, 3.63) is 34.9 Å². The highest BCUT2D eigenvalue weighted by molar-refractivity contribution is 6.32. The number of para-hydroxylation sites is 1. The Kier molecular flexibility index (Phi) is 3.69. The Balaban J connectivity index is 2.35. The minimum atomic E-state index is -0.324. The molecule has 17 heavy (non-hydrogen) atoms. The zero-order chi connectivity index (χ0) is 12.3. The average Bonchev–Trinajstić information content (AvgIpc) is 2.31. The van der Waals surface area contributed by atoms with Crippen LogP contribution in [-0.2, 0) is 9.53 Å². The van der Waals surface area contributed by atoms with Gasteiger partial charge in [0.05, 0.1) is 18.2 Å². The molecule has 0 bridgehead atoms. The minimum absolute atomic E-state index is 0.324. The molecule has 1 aliphatic rings. The van der Waals surface area contributed by atoms with Crippen molar-refractivity contribution in [3.63, 3.8) is 0 Å². The maximum Gasteiger partial charge on any atom is 0.331 e. The number of carbonyl (C=O) groups is 1. The summed E-state index contributed by atoms with van der Waals surface area (Å²) in [5.74, 6) is 0.325. The van der Waals surface area contributed by atoms with Crippen LogP contribution in [0, 0.1) is 0 Å². The molecule has 0 amide bonds. The van der Waals surface area contributed by atoms with Crippen LogP contribution >= 0.6 is 11.6 Å². The SMILES string of the molecule is CCOC(=O)/C=C1\CCOc2c(Cl)cccc21. The fourth-order valence-electron chi connectivity index (χ4n) is 1.78. The van der Waals surface area contributed by atoms with Crippen molar-refractivity contribution >= 4 is 23.1 Å². The highest BCUT2D eigenvalue weighted by atomic mass is 35.5. The Labute approximate surface area is 105 Å². The Morgan fingerprint density at radius 1 is 1.59 bits per heavy atom. The van der Waals surface area contributed by atoms with Gasteiger partial charge in [-0.15, -0.1) is 0 Å². The van der Waals surface area contributed by atoms with Gasteiger partial charge in [-0.1, -0.05) is 23.7 Å². The molecule has 1 aromatic rings. The lowest BCUT2D eigenvalue weighted by Crippen LogP contribution is -2.10. The third-order valence-electron chi connectivity index (χ3n) is 2.51. The summed E-state index contributed by atoms with van der Waals surface area (Å²) in [4.78, 5) is 11.4. The van der Waals surface area contributed by atoms with E-state index in [1.807, 2.05) is 12.1 Å². The second-order valence-corrected chi connectivity index (χ2v) is 4.04. The van der Waals surface area contributed by atoms with Crippen LogP contribution in [-0.4, -0.2) is 19.2 Å². The first kappa shape index (κ1) is 12.0. The van der Waals surface area contributed by atoms with Crippen molar-refractivity contribution in [2.45, 2.75) is 13.3 Å². The van der Waals surface area contributed by atoms with Gasteiger partial charge in [0.1, 0.15) is 5.75 Å². The van der Waals surface area contributed by atoms with E-state index in [1.54, 1.807) is 13.0 Å². The first-order chi connectivity index (χ1) is 8.22. The summed E-state index contributed by atoms with van der Waals surface area (Å²) in [5.41, 5.74) is 1.78. The third kappa shape index (κ3) is 2.61. The highest BCUT2D eigenvalue weighted by Gasteiger charge is 2.18. The molecule has 0 N–H and O–H groups in total. The number of carbonyl (C=O) groups excluding carboxylic acids is 1. The summed E-state index contributed by atoms with van der Waals surface area (Å²) in [6.45, 7) is 2.69. The van der Waals surface area contributed by atoms with Gasteiger partial charge in [-0.3, -0.25) is 0 Å². The number of rotatable bonds is 2. The Morgan fingerprint density at radius 3 is 3.18 bits per heavy atom. The van der Waals surface area contributed by atoms with Crippen LogP contribution in [0.15, 0.2) is 24.3 Å². The van der Waals surface area contributed by atoms with E-state index < -0.39 is 0 Å². The van der Waals surface area contributed by atoms with Gasteiger partial charge in [-0.2, -0.15) is 0 Å². The fraction of sp³-hybridized carbons (Fsp3) is 0.308. The maximum absolute atomic E-state index is 11.4. The quantitative estimate of drug-likeness (QED) is 0.599. The molecule has 2 rings (SSSR count). The van der Waals surface area contributed by atoms with Gasteiger partial charge < -0.3 is 9.47 Å². The van der Waals surface area contributed by atoms with Gasteiger partial charge in [0.15, 0.2) is 0 Å². The van der Waals surface area contributed by atoms with Crippen molar-refractivity contribution in [2.24, 2.45) is 0 Å². The van der Waals surface area contributed by atoms with E-state index >= 15 is 0 Å². The van der Waals surface area contributed by atoms with Crippen molar-refractivity contribution in [3.8, 4) is 5.75 Å². The van der Waals surface area contributed by atoms with E-state index in [9.17, 15) is 4.79 Å². The summed E-state index contributed by atoms with van der Waals surface area (Å²) in [5, 5.41) is 0.567. The van der Waals surface area contributed by atoms with Crippen LogP contribution < -0.4 is 4.74 Å². The van der Waals surface area contributed by atoms with Crippen LogP contribution in [0.2, 0.25) is 5.02 Å². The molecule has 1 aliphatic heterocycles. The molecule has 90 valence electrons. The Morgan fingerprint density at radius 2 is 2.41 bits per heavy atom. The second-order valence-electron chi connectivity index (χ2n) is 3.64. The predicted octanol–water partition coefficient (Wildman–Crippen LogP) is 3.07. The first-order valence-corrected chi connectivity index (χ1v) is 5.89. The minimum Gasteiger partial charge on any atom is -0.491 e. The monoisotopic (exact) mass is 252 g/mol. The highest BCUT2D eigenvalue weighted by Crippen LogP contribution is 2.37. The van der Waals surface area contributed by atoms with Crippen molar-refractivity contribution in [2.75, 3.05) is 13.2 Å². The molecule has 3 nitrogen and oxygen atoms in total. The van der Waals surface area contributed by atoms with Crippen molar-refractivity contribution in [1.82, 2.24) is 0 Å². The molecule has 0 saturated heterocycles. The molecule has 0 saturated carbocycles. The summed E-state index contributed by atoms with van der Waals surface area (Å²) in [6.07, 6.45) is 2.20. The lowest BCUT2D eigenvalue weighted by Gasteiger charge is -2.20. The van der Waals surface area contributed by atoms with Crippen LogP contribution in [0.25, 0.3) is 5.57 Å². The Bertz CT molecular complexity index is 466. The number of ether oxygens (including phenoxy) is 2. The molecule has 0 fully saturated rings. The molecular formula is C13H13ClO3. The van der Waals surface area contributed by atoms with Crippen LogP contribution in [0.3, 0.4) is 0 Å². The van der Waals surface area contributed by atoms with E-state index in [-0.39, 0.29) is 5.97 Å². The molecule has 0 radical (unpaired) electrons. The normalized spacial score (nSPS) is 16.2.